The number of aromatic nitrogens is 4. The molecule has 0 saturated heterocycles. The molecule has 0 aliphatic carbocycles. The van der Waals surface area contributed by atoms with E-state index in [1.165, 1.54) is 5.69 Å². The Morgan fingerprint density at radius 2 is 2.00 bits per heavy atom. The fourth-order valence-electron chi connectivity index (χ4n) is 2.28. The van der Waals surface area contributed by atoms with Gasteiger partial charge in [0, 0.05) is 44.3 Å². The molecule has 3 rings (SSSR count). The summed E-state index contributed by atoms with van der Waals surface area (Å²) < 4.78 is 1.89. The first-order chi connectivity index (χ1) is 10.3. The summed E-state index contributed by atoms with van der Waals surface area (Å²) in [4.78, 5) is 8.96. The van der Waals surface area contributed by atoms with E-state index < -0.39 is 0 Å². The third-order valence-corrected chi connectivity index (χ3v) is 3.42. The van der Waals surface area contributed by atoms with Crippen LogP contribution in [-0.4, -0.2) is 33.3 Å². The smallest absolute Gasteiger partial charge is 0.224 e. The normalized spacial score (nSPS) is 10.8. The molecule has 0 aliphatic rings. The van der Waals surface area contributed by atoms with Crippen LogP contribution >= 0.6 is 0 Å². The van der Waals surface area contributed by atoms with Gasteiger partial charge in [-0.2, -0.15) is 10.1 Å². The largest absolute Gasteiger partial charge is 0.369 e. The number of hydrogen-bond donors (Lipinski definition) is 2. The number of anilines is 2. The fraction of sp³-hybridized carbons (Fsp3) is 0.267. The average molecular weight is 282 g/mol. The highest BCUT2D eigenvalue weighted by Gasteiger charge is 2.06. The van der Waals surface area contributed by atoms with Crippen molar-refractivity contribution in [3.63, 3.8) is 0 Å². The number of aryl methyl sites for hydroxylation is 1. The second-order valence-electron chi connectivity index (χ2n) is 4.79. The molecule has 0 bridgehead atoms. The van der Waals surface area contributed by atoms with Gasteiger partial charge < -0.3 is 10.6 Å². The molecular weight excluding hydrogens is 264 g/mol. The number of nitrogens with one attached hydrogen (secondary N) is 2. The lowest BCUT2D eigenvalue weighted by Gasteiger charge is -2.10. The first kappa shape index (κ1) is 13.4. The Morgan fingerprint density at radius 3 is 2.76 bits per heavy atom. The predicted molar refractivity (Wildman–Crippen MR) is 84.5 cm³/mol. The highest BCUT2D eigenvalue weighted by molar-refractivity contribution is 5.89. The molecule has 21 heavy (non-hydrogen) atoms. The van der Waals surface area contributed by atoms with Crippen LogP contribution in [0.15, 0.2) is 36.5 Å². The summed E-state index contributed by atoms with van der Waals surface area (Å²) in [5.41, 5.74) is 2.12. The lowest BCUT2D eigenvalue weighted by Crippen LogP contribution is -2.10. The number of para-hydroxylation sites is 1. The molecule has 0 radical (unpaired) electrons. The van der Waals surface area contributed by atoms with Crippen LogP contribution in [0.2, 0.25) is 0 Å². The Bertz CT molecular complexity index is 749. The van der Waals surface area contributed by atoms with Gasteiger partial charge >= 0.3 is 0 Å². The molecular formula is C15H18N6. The molecule has 0 unspecified atom stereocenters. The minimum atomic E-state index is 0.622. The van der Waals surface area contributed by atoms with Crippen molar-refractivity contribution >= 4 is 22.7 Å². The number of hydrogen-bond acceptors (Lipinski definition) is 5. The van der Waals surface area contributed by atoms with E-state index in [-0.39, 0.29) is 0 Å². The summed E-state index contributed by atoms with van der Waals surface area (Å²) in [5, 5.41) is 11.6. The van der Waals surface area contributed by atoms with Crippen LogP contribution in [0.3, 0.4) is 0 Å². The van der Waals surface area contributed by atoms with Gasteiger partial charge in [-0.25, -0.2) is 4.98 Å². The third-order valence-electron chi connectivity index (χ3n) is 3.42. The summed E-state index contributed by atoms with van der Waals surface area (Å²) in [6, 6.07) is 10.0. The van der Waals surface area contributed by atoms with E-state index in [9.17, 15) is 0 Å². The molecule has 1 aromatic carbocycles. The van der Waals surface area contributed by atoms with E-state index in [0.717, 1.165) is 29.7 Å². The topological polar surface area (TPSA) is 67.7 Å². The molecule has 2 aromatic heterocycles. The molecule has 0 spiro atoms. The minimum absolute atomic E-state index is 0.622. The number of fused-ring (bicyclic) bond motifs is 1. The number of nitrogens with zero attached hydrogens (tertiary/aromatic N) is 4. The number of rotatable bonds is 5. The van der Waals surface area contributed by atoms with Gasteiger partial charge in [0.15, 0.2) is 0 Å². The van der Waals surface area contributed by atoms with E-state index >= 15 is 0 Å². The van der Waals surface area contributed by atoms with Crippen molar-refractivity contribution in [2.75, 3.05) is 24.2 Å². The van der Waals surface area contributed by atoms with Gasteiger partial charge in [0.25, 0.3) is 0 Å². The maximum Gasteiger partial charge on any atom is 0.224 e. The van der Waals surface area contributed by atoms with Crippen LogP contribution in [-0.2, 0) is 13.5 Å². The lowest BCUT2D eigenvalue weighted by molar-refractivity contribution is 0.711. The highest BCUT2D eigenvalue weighted by Crippen LogP contribution is 2.21. The average Bonchev–Trinajstić information content (AvgIpc) is 2.92. The molecule has 0 atom stereocenters. The summed E-state index contributed by atoms with van der Waals surface area (Å²) in [6.07, 6.45) is 2.71. The van der Waals surface area contributed by atoms with Crippen molar-refractivity contribution in [2.45, 2.75) is 6.42 Å². The zero-order chi connectivity index (χ0) is 14.7. The molecule has 0 saturated carbocycles. The maximum absolute atomic E-state index is 4.50. The minimum Gasteiger partial charge on any atom is -0.369 e. The van der Waals surface area contributed by atoms with Crippen LogP contribution in [0.25, 0.3) is 10.9 Å². The number of benzene rings is 1. The predicted octanol–water partition coefficient (Wildman–Crippen LogP) is 2.06. The van der Waals surface area contributed by atoms with Crippen LogP contribution in [0, 0.1) is 0 Å². The maximum atomic E-state index is 4.50. The molecule has 2 heterocycles. The third kappa shape index (κ3) is 2.79. The van der Waals surface area contributed by atoms with Crippen molar-refractivity contribution in [2.24, 2.45) is 7.05 Å². The Labute approximate surface area is 123 Å². The fourth-order valence-corrected chi connectivity index (χ4v) is 2.28. The Kier molecular flexibility index (Phi) is 3.68. The van der Waals surface area contributed by atoms with Crippen LogP contribution in [0.4, 0.5) is 11.8 Å². The Hall–Kier alpha value is -2.63. The second kappa shape index (κ2) is 5.78. The van der Waals surface area contributed by atoms with E-state index in [2.05, 4.69) is 25.7 Å². The van der Waals surface area contributed by atoms with Gasteiger partial charge in [-0.1, -0.05) is 12.1 Å². The molecule has 0 fully saturated rings. The van der Waals surface area contributed by atoms with Gasteiger partial charge in [-0.15, -0.1) is 0 Å². The summed E-state index contributed by atoms with van der Waals surface area (Å²) >= 11 is 0. The van der Waals surface area contributed by atoms with Crippen molar-refractivity contribution < 1.29 is 0 Å². The summed E-state index contributed by atoms with van der Waals surface area (Å²) in [6.45, 7) is 0.795. The van der Waals surface area contributed by atoms with Gasteiger partial charge in [-0.3, -0.25) is 4.68 Å². The monoisotopic (exact) mass is 282 g/mol. The first-order valence-electron chi connectivity index (χ1n) is 6.93. The summed E-state index contributed by atoms with van der Waals surface area (Å²) in [7, 11) is 3.78. The van der Waals surface area contributed by atoms with E-state index in [1.807, 2.05) is 55.3 Å². The quantitative estimate of drug-likeness (QED) is 0.749. The van der Waals surface area contributed by atoms with Crippen LogP contribution < -0.4 is 10.6 Å². The lowest BCUT2D eigenvalue weighted by atomic mass is 10.2. The van der Waals surface area contributed by atoms with E-state index in [1.54, 1.807) is 0 Å². The standard InChI is InChI=1S/C15H18N6/c1-16-15-19-13-6-4-3-5-12(13)14(20-15)17-9-7-11-8-10-18-21(11)2/h3-6,8,10H,7,9H2,1-2H3,(H2,16,17,19,20). The van der Waals surface area contributed by atoms with Crippen molar-refractivity contribution in [1.82, 2.24) is 19.7 Å². The van der Waals surface area contributed by atoms with Gasteiger partial charge in [0.2, 0.25) is 5.95 Å². The molecule has 3 aromatic rings. The molecule has 0 aliphatic heterocycles. The molecule has 2 N–H and O–H groups in total. The van der Waals surface area contributed by atoms with E-state index in [4.69, 9.17) is 0 Å². The second-order valence-corrected chi connectivity index (χ2v) is 4.79. The first-order valence-corrected chi connectivity index (χ1v) is 6.93. The van der Waals surface area contributed by atoms with Gasteiger partial charge in [0.1, 0.15) is 5.82 Å². The van der Waals surface area contributed by atoms with Gasteiger partial charge in [0.05, 0.1) is 5.52 Å². The van der Waals surface area contributed by atoms with Crippen molar-refractivity contribution in [3.8, 4) is 0 Å². The van der Waals surface area contributed by atoms with Crippen molar-refractivity contribution in [1.29, 1.82) is 0 Å². The zero-order valence-corrected chi connectivity index (χ0v) is 12.2. The molecule has 108 valence electrons. The zero-order valence-electron chi connectivity index (χ0n) is 12.2. The van der Waals surface area contributed by atoms with Crippen molar-refractivity contribution in [3.05, 3.63) is 42.2 Å². The Balaban J connectivity index is 1.81. The summed E-state index contributed by atoms with van der Waals surface area (Å²) in [5.74, 6) is 1.48. The Morgan fingerprint density at radius 1 is 1.14 bits per heavy atom. The van der Waals surface area contributed by atoms with Crippen LogP contribution in [0.1, 0.15) is 5.69 Å². The van der Waals surface area contributed by atoms with Gasteiger partial charge in [-0.05, 0) is 18.2 Å². The highest BCUT2D eigenvalue weighted by atomic mass is 15.3. The SMILES string of the molecule is CNc1nc(NCCc2ccnn2C)c2ccccc2n1. The van der Waals surface area contributed by atoms with E-state index in [0.29, 0.717) is 5.95 Å². The molecule has 0 amide bonds. The molecule has 6 nitrogen and oxygen atoms in total. The molecule has 6 heteroatoms. The van der Waals surface area contributed by atoms with Crippen LogP contribution in [0.5, 0.6) is 0 Å².